The molecule has 0 N–H and O–H groups in total. The molecule has 0 aromatic heterocycles. The first-order valence-electron chi connectivity index (χ1n) is 5.63. The van der Waals surface area contributed by atoms with Crippen molar-refractivity contribution in [2.24, 2.45) is 0 Å². The molecule has 0 radical (unpaired) electrons. The Balaban J connectivity index is -0.00000162. The van der Waals surface area contributed by atoms with Crippen molar-refractivity contribution in [3.05, 3.63) is 0 Å². The van der Waals surface area contributed by atoms with Gasteiger partial charge in [-0.15, -0.1) is 0 Å². The summed E-state index contributed by atoms with van der Waals surface area (Å²) in [6.07, 6.45) is -0.274. The minimum atomic E-state index is -1.48. The van der Waals surface area contributed by atoms with Crippen LogP contribution in [0.15, 0.2) is 0 Å². The van der Waals surface area contributed by atoms with Gasteiger partial charge in [0.05, 0.1) is 19.1 Å². The molecule has 0 spiro atoms. The third kappa shape index (κ3) is 15.3. The Bertz CT molecular complexity index is 362. The maximum absolute atomic E-state index is 11.6. The fraction of sp³-hybridized carbons (Fsp3) is 0.636. The van der Waals surface area contributed by atoms with Crippen LogP contribution in [0.2, 0.25) is 0 Å². The number of nitrogens with zero attached hydrogens (tertiary/aromatic N) is 1. The maximum Gasteiger partial charge on any atom is 1.00 e. The Labute approximate surface area is 146 Å². The molecule has 21 heavy (non-hydrogen) atoms. The molecule has 0 aliphatic rings. The van der Waals surface area contributed by atoms with Crippen molar-refractivity contribution in [2.75, 3.05) is 19.7 Å². The van der Waals surface area contributed by atoms with Gasteiger partial charge in [-0.05, 0) is 6.42 Å². The van der Waals surface area contributed by atoms with E-state index in [1.807, 2.05) is 0 Å². The fourth-order valence-electron chi connectivity index (χ4n) is 1.27. The number of rotatable bonds is 9. The maximum atomic E-state index is 11.6. The van der Waals surface area contributed by atoms with E-state index in [0.717, 1.165) is 4.90 Å². The van der Waals surface area contributed by atoms with Gasteiger partial charge in [-0.3, -0.25) is 9.59 Å². The van der Waals surface area contributed by atoms with Gasteiger partial charge in [0.25, 0.3) is 0 Å². The van der Waals surface area contributed by atoms with Gasteiger partial charge in [-0.1, -0.05) is 0 Å². The molecule has 0 atom stereocenters. The molecule has 0 aromatic carbocycles. The zero-order valence-corrected chi connectivity index (χ0v) is 12.5. The molecule has 0 heterocycles. The van der Waals surface area contributed by atoms with E-state index in [0.29, 0.717) is 0 Å². The van der Waals surface area contributed by atoms with Crippen LogP contribution in [0.1, 0.15) is 26.2 Å². The minimum absolute atomic E-state index is 0. The molecule has 108 valence electrons. The molecule has 10 heteroatoms. The number of hydrogen-bond donors (Lipinski definition) is 0. The SMILES string of the molecule is CC(=O)OCCCC(=O)N(CCC(=O)[O-])CC(=O)[O-].[Li+].[Li+]. The summed E-state index contributed by atoms with van der Waals surface area (Å²) in [7, 11) is 0. The predicted octanol–water partition coefficient (Wildman–Crippen LogP) is -8.94. The Kier molecular flexibility index (Phi) is 16.7. The summed E-state index contributed by atoms with van der Waals surface area (Å²) in [5.74, 6) is -3.88. The third-order valence-electron chi connectivity index (χ3n) is 2.10. The van der Waals surface area contributed by atoms with Crippen molar-refractivity contribution in [1.82, 2.24) is 4.90 Å². The normalized spacial score (nSPS) is 8.81. The summed E-state index contributed by atoms with van der Waals surface area (Å²) in [6, 6.07) is 0. The summed E-state index contributed by atoms with van der Waals surface area (Å²) >= 11 is 0. The smallest absolute Gasteiger partial charge is 0.550 e. The Morgan fingerprint density at radius 3 is 2.00 bits per heavy atom. The van der Waals surface area contributed by atoms with Crippen molar-refractivity contribution in [3.63, 3.8) is 0 Å². The number of carbonyl (C=O) groups excluding carboxylic acids is 4. The fourth-order valence-corrected chi connectivity index (χ4v) is 1.27. The molecule has 0 saturated carbocycles. The Morgan fingerprint density at radius 1 is 1.00 bits per heavy atom. The minimum Gasteiger partial charge on any atom is -0.550 e. The predicted molar refractivity (Wildman–Crippen MR) is 57.1 cm³/mol. The van der Waals surface area contributed by atoms with Crippen molar-refractivity contribution < 1.29 is 71.8 Å². The van der Waals surface area contributed by atoms with Crippen molar-refractivity contribution in [1.29, 1.82) is 0 Å². The number of aliphatic carboxylic acids is 2. The first-order chi connectivity index (χ1) is 8.82. The number of amides is 1. The Hall–Kier alpha value is -0.925. The second-order valence-corrected chi connectivity index (χ2v) is 3.75. The van der Waals surface area contributed by atoms with Gasteiger partial charge in [-0.25, -0.2) is 0 Å². The number of hydrogen-bond acceptors (Lipinski definition) is 7. The van der Waals surface area contributed by atoms with Crippen molar-refractivity contribution in [3.8, 4) is 0 Å². The van der Waals surface area contributed by atoms with Crippen LogP contribution in [0.4, 0.5) is 0 Å². The van der Waals surface area contributed by atoms with Crippen LogP contribution in [0, 0.1) is 0 Å². The van der Waals surface area contributed by atoms with Crippen LogP contribution in [-0.4, -0.2) is 48.4 Å². The number of carboxylic acid groups (broad SMARTS) is 2. The second-order valence-electron chi connectivity index (χ2n) is 3.75. The van der Waals surface area contributed by atoms with E-state index in [1.54, 1.807) is 0 Å². The summed E-state index contributed by atoms with van der Waals surface area (Å²) in [5.41, 5.74) is 0. The zero-order valence-electron chi connectivity index (χ0n) is 12.5. The number of esters is 1. The van der Waals surface area contributed by atoms with Gasteiger partial charge in [0.15, 0.2) is 0 Å². The average molecular weight is 287 g/mol. The van der Waals surface area contributed by atoms with E-state index in [2.05, 4.69) is 4.74 Å². The molecule has 0 fully saturated rings. The van der Waals surface area contributed by atoms with Crippen molar-refractivity contribution >= 4 is 23.8 Å². The van der Waals surface area contributed by atoms with Crippen LogP contribution in [0.25, 0.3) is 0 Å². The van der Waals surface area contributed by atoms with E-state index >= 15 is 0 Å². The largest absolute Gasteiger partial charge is 1.00 e. The molecule has 0 bridgehead atoms. The summed E-state index contributed by atoms with van der Waals surface area (Å²) < 4.78 is 4.61. The molecule has 0 unspecified atom stereocenters. The standard InChI is InChI=1S/C11H17NO7.2Li/c1-8(13)19-6-2-3-9(14)12(7-11(17)18)5-4-10(15)16;;/h2-7H2,1H3,(H,15,16)(H,17,18);;/q;2*+1/p-2. The van der Waals surface area contributed by atoms with Crippen LogP contribution in [0.5, 0.6) is 0 Å². The van der Waals surface area contributed by atoms with Crippen LogP contribution in [-0.2, 0) is 23.9 Å². The van der Waals surface area contributed by atoms with E-state index in [-0.39, 0.29) is 63.7 Å². The second kappa shape index (κ2) is 14.0. The molecule has 8 nitrogen and oxygen atoms in total. The van der Waals surface area contributed by atoms with E-state index in [9.17, 15) is 29.4 Å². The van der Waals surface area contributed by atoms with Gasteiger partial charge < -0.3 is 29.4 Å². The number of carboxylic acids is 2. The van der Waals surface area contributed by atoms with Gasteiger partial charge in [0, 0.05) is 32.3 Å². The first-order valence-corrected chi connectivity index (χ1v) is 5.63. The summed E-state index contributed by atoms with van der Waals surface area (Å²) in [5, 5.41) is 20.7. The molecular weight excluding hydrogens is 272 g/mol. The van der Waals surface area contributed by atoms with E-state index in [1.165, 1.54) is 6.92 Å². The number of ether oxygens (including phenoxy) is 1. The molecule has 0 aliphatic heterocycles. The topological polar surface area (TPSA) is 127 Å². The summed E-state index contributed by atoms with van der Waals surface area (Å²) in [4.78, 5) is 43.7. The van der Waals surface area contributed by atoms with Crippen LogP contribution in [0.3, 0.4) is 0 Å². The molecule has 0 aromatic rings. The van der Waals surface area contributed by atoms with Gasteiger partial charge >= 0.3 is 43.7 Å². The monoisotopic (exact) mass is 287 g/mol. The molecule has 1 amide bonds. The summed E-state index contributed by atoms with van der Waals surface area (Å²) in [6.45, 7) is 0.327. The van der Waals surface area contributed by atoms with Crippen LogP contribution >= 0.6 is 0 Å². The molecule has 0 rings (SSSR count). The quantitative estimate of drug-likeness (QED) is 0.234. The van der Waals surface area contributed by atoms with Gasteiger partial charge in [-0.2, -0.15) is 0 Å². The molecular formula is C11H15Li2NO7. The first kappa shape index (κ1) is 25.1. The Morgan fingerprint density at radius 2 is 1.57 bits per heavy atom. The molecule has 0 aliphatic carbocycles. The van der Waals surface area contributed by atoms with Gasteiger partial charge in [0.2, 0.25) is 5.91 Å². The third-order valence-corrected chi connectivity index (χ3v) is 2.10. The average Bonchev–Trinajstić information content (AvgIpc) is 2.28. The molecule has 0 saturated heterocycles. The van der Waals surface area contributed by atoms with E-state index < -0.39 is 36.8 Å². The van der Waals surface area contributed by atoms with E-state index in [4.69, 9.17) is 0 Å². The van der Waals surface area contributed by atoms with Gasteiger partial charge in [0.1, 0.15) is 0 Å². The zero-order chi connectivity index (χ0) is 14.8. The number of carbonyl (C=O) groups is 4. The van der Waals surface area contributed by atoms with Crippen LogP contribution < -0.4 is 47.9 Å². The van der Waals surface area contributed by atoms with Crippen molar-refractivity contribution in [2.45, 2.75) is 26.2 Å².